The van der Waals surface area contributed by atoms with Crippen molar-refractivity contribution in [3.05, 3.63) is 89.9 Å². The van der Waals surface area contributed by atoms with E-state index in [4.69, 9.17) is 13.9 Å². The molecule has 0 amide bonds. The first-order valence-electron chi connectivity index (χ1n) is 10.5. The van der Waals surface area contributed by atoms with Crippen LogP contribution in [0.3, 0.4) is 0 Å². The van der Waals surface area contributed by atoms with Crippen LogP contribution in [-0.2, 0) is 24.5 Å². The van der Waals surface area contributed by atoms with E-state index in [2.05, 4.69) is 15.3 Å². The van der Waals surface area contributed by atoms with E-state index >= 15 is 0 Å². The maximum atomic E-state index is 12.8. The van der Waals surface area contributed by atoms with Crippen molar-refractivity contribution < 1.29 is 33.3 Å². The number of aromatic nitrogens is 4. The topological polar surface area (TPSA) is 75.2 Å². The Kier molecular flexibility index (Phi) is 6.62. The van der Waals surface area contributed by atoms with E-state index < -0.39 is 15.1 Å². The van der Waals surface area contributed by atoms with Gasteiger partial charge in [0, 0.05) is 12.3 Å². The maximum Gasteiger partial charge on any atom is 0.310 e. The molecule has 36 heavy (non-hydrogen) atoms. The zero-order chi connectivity index (χ0) is 25.7. The predicted octanol–water partition coefficient (Wildman–Crippen LogP) is 6.89. The van der Waals surface area contributed by atoms with Gasteiger partial charge in [0.15, 0.2) is 0 Å². The number of hydrogen-bond donors (Lipinski definition) is 0. The summed E-state index contributed by atoms with van der Waals surface area (Å²) in [5, 5.41) is 7.58. The minimum atomic E-state index is -9.69. The zero-order valence-corrected chi connectivity index (χ0v) is 19.5. The van der Waals surface area contributed by atoms with Crippen molar-refractivity contribution in [2.45, 2.75) is 24.7 Å². The number of benzene rings is 2. The van der Waals surface area contributed by atoms with Crippen LogP contribution in [0.5, 0.6) is 5.75 Å². The Labute approximate surface area is 202 Å². The van der Waals surface area contributed by atoms with Crippen LogP contribution in [-0.4, -0.2) is 26.6 Å². The smallest absolute Gasteiger partial charge is 0.310 e. The largest absolute Gasteiger partial charge is 0.487 e. The standard InChI is InChI=1S/C23H21F5N4O3S/c24-36(25,26,27,28)22-8-3-18(4-9-22)5-10-23-30-20(17-35-23)16-34-21-6-1-19(2-7-21)15-33-14-13-32-12-11-29-31-32/h1-12,17H,13-16H2/b10-5+. The first kappa shape index (κ1) is 25.4. The molecule has 0 unspecified atom stereocenters. The van der Waals surface area contributed by atoms with Crippen LogP contribution in [0.15, 0.2) is 76.5 Å². The lowest BCUT2D eigenvalue weighted by Crippen LogP contribution is -2.06. The number of ether oxygens (including phenoxy) is 2. The Hall–Kier alpha value is -3.71. The van der Waals surface area contributed by atoms with Crippen molar-refractivity contribution in [3.8, 4) is 5.75 Å². The summed E-state index contributed by atoms with van der Waals surface area (Å²) in [6.07, 6.45) is 7.56. The fourth-order valence-corrected chi connectivity index (χ4v) is 3.66. The third-order valence-electron chi connectivity index (χ3n) is 4.83. The molecule has 4 rings (SSSR count). The average Bonchev–Trinajstić information content (AvgIpc) is 3.51. The predicted molar refractivity (Wildman–Crippen MR) is 124 cm³/mol. The molecule has 0 aliphatic carbocycles. The highest BCUT2D eigenvalue weighted by Crippen LogP contribution is 3.02. The molecule has 2 aromatic carbocycles. The van der Waals surface area contributed by atoms with Gasteiger partial charge in [0.25, 0.3) is 0 Å². The fraction of sp³-hybridized carbons (Fsp3) is 0.174. The summed E-state index contributed by atoms with van der Waals surface area (Å²) in [6.45, 7) is 1.68. The Morgan fingerprint density at radius 2 is 1.67 bits per heavy atom. The van der Waals surface area contributed by atoms with E-state index in [-0.39, 0.29) is 18.1 Å². The summed E-state index contributed by atoms with van der Waals surface area (Å²) in [7, 11) is -9.69. The van der Waals surface area contributed by atoms with E-state index in [1.807, 2.05) is 12.1 Å². The quantitative estimate of drug-likeness (QED) is 0.156. The van der Waals surface area contributed by atoms with Gasteiger partial charge in [-0.05, 0) is 41.5 Å². The van der Waals surface area contributed by atoms with Gasteiger partial charge < -0.3 is 13.9 Å². The van der Waals surface area contributed by atoms with Gasteiger partial charge in [-0.15, -0.1) is 5.10 Å². The molecule has 2 aromatic heterocycles. The molecule has 0 saturated heterocycles. The molecule has 192 valence electrons. The number of nitrogens with zero attached hydrogens (tertiary/aromatic N) is 4. The lowest BCUT2D eigenvalue weighted by molar-refractivity contribution is 0.110. The average molecular weight is 529 g/mol. The Balaban J connectivity index is 1.23. The first-order valence-corrected chi connectivity index (χ1v) is 12.5. The molecule has 0 atom stereocenters. The molecule has 0 aliphatic heterocycles. The summed E-state index contributed by atoms with van der Waals surface area (Å²) >= 11 is 0. The van der Waals surface area contributed by atoms with Gasteiger partial charge in [-0.2, -0.15) is 0 Å². The van der Waals surface area contributed by atoms with Crippen LogP contribution in [0.2, 0.25) is 0 Å². The van der Waals surface area contributed by atoms with Crippen LogP contribution in [0.4, 0.5) is 19.4 Å². The minimum absolute atomic E-state index is 0.129. The van der Waals surface area contributed by atoms with Gasteiger partial charge in [0.05, 0.1) is 26.0 Å². The second-order valence-corrected chi connectivity index (χ2v) is 10.1. The molecular weight excluding hydrogens is 507 g/mol. The summed E-state index contributed by atoms with van der Waals surface area (Å²) in [4.78, 5) is 2.27. The summed E-state index contributed by atoms with van der Waals surface area (Å²) in [5.74, 6) is 0.800. The third kappa shape index (κ3) is 7.39. The highest BCUT2D eigenvalue weighted by atomic mass is 32.5. The van der Waals surface area contributed by atoms with Crippen molar-refractivity contribution in [1.29, 1.82) is 0 Å². The molecule has 0 bridgehead atoms. The van der Waals surface area contributed by atoms with Gasteiger partial charge in [-0.3, -0.25) is 4.68 Å². The molecule has 0 aliphatic rings. The van der Waals surface area contributed by atoms with E-state index in [0.717, 1.165) is 17.7 Å². The molecule has 4 aromatic rings. The number of oxazole rings is 1. The Morgan fingerprint density at radius 3 is 2.33 bits per heavy atom. The number of hydrogen-bond acceptors (Lipinski definition) is 6. The molecule has 0 spiro atoms. The molecule has 0 fully saturated rings. The van der Waals surface area contributed by atoms with E-state index in [1.165, 1.54) is 18.4 Å². The molecule has 0 saturated carbocycles. The van der Waals surface area contributed by atoms with Crippen molar-refractivity contribution in [1.82, 2.24) is 20.0 Å². The molecule has 0 radical (unpaired) electrons. The molecule has 7 nitrogen and oxygen atoms in total. The SMILES string of the molecule is FS(F)(F)(F)(F)c1ccc(/C=C/c2nc(COc3ccc(COCCn4ccnn4)cc3)co2)cc1. The van der Waals surface area contributed by atoms with Gasteiger partial charge in [0.1, 0.15) is 29.2 Å². The van der Waals surface area contributed by atoms with Crippen LogP contribution < -0.4 is 4.74 Å². The minimum Gasteiger partial charge on any atom is -0.487 e. The lowest BCUT2D eigenvalue weighted by Gasteiger charge is -2.40. The van der Waals surface area contributed by atoms with E-state index in [1.54, 1.807) is 29.2 Å². The van der Waals surface area contributed by atoms with Gasteiger partial charge in [-0.25, -0.2) is 4.98 Å². The van der Waals surface area contributed by atoms with Gasteiger partial charge in [0.2, 0.25) is 5.89 Å². The van der Waals surface area contributed by atoms with Crippen LogP contribution >= 0.6 is 10.2 Å². The molecule has 13 heteroatoms. The Morgan fingerprint density at radius 1 is 0.917 bits per heavy atom. The van der Waals surface area contributed by atoms with Crippen LogP contribution in [0, 0.1) is 0 Å². The fourth-order valence-electron chi connectivity index (χ4n) is 3.01. The molecule has 0 N–H and O–H groups in total. The van der Waals surface area contributed by atoms with E-state index in [9.17, 15) is 19.4 Å². The monoisotopic (exact) mass is 528 g/mol. The third-order valence-corrected chi connectivity index (χ3v) is 5.99. The van der Waals surface area contributed by atoms with Crippen molar-refractivity contribution >= 4 is 22.4 Å². The Bertz CT molecular complexity index is 1310. The number of halogens is 5. The van der Waals surface area contributed by atoms with Crippen LogP contribution in [0.1, 0.15) is 22.7 Å². The van der Waals surface area contributed by atoms with Crippen molar-refractivity contribution in [2.75, 3.05) is 6.61 Å². The number of rotatable bonds is 11. The molecular formula is C23H21F5N4O3S. The summed E-state index contributed by atoms with van der Waals surface area (Å²) in [6, 6.07) is 9.96. The highest BCUT2D eigenvalue weighted by Gasteiger charge is 2.65. The van der Waals surface area contributed by atoms with Crippen molar-refractivity contribution in [2.24, 2.45) is 0 Å². The zero-order valence-electron chi connectivity index (χ0n) is 18.6. The first-order chi connectivity index (χ1) is 16.9. The molecule has 2 heterocycles. The summed E-state index contributed by atoms with van der Waals surface area (Å²) < 4.78 is 82.2. The summed E-state index contributed by atoms with van der Waals surface area (Å²) in [5.41, 5.74) is 1.74. The maximum absolute atomic E-state index is 12.8. The van der Waals surface area contributed by atoms with Gasteiger partial charge >= 0.3 is 10.2 Å². The second kappa shape index (κ2) is 9.39. The lowest BCUT2D eigenvalue weighted by atomic mass is 10.2. The van der Waals surface area contributed by atoms with Gasteiger partial charge in [-0.1, -0.05) is 48.9 Å². The van der Waals surface area contributed by atoms with E-state index in [0.29, 0.717) is 43.3 Å². The normalized spacial score (nSPS) is 14.0. The van der Waals surface area contributed by atoms with Crippen molar-refractivity contribution in [3.63, 3.8) is 0 Å². The van der Waals surface area contributed by atoms with Crippen LogP contribution in [0.25, 0.3) is 12.2 Å². The second-order valence-electron chi connectivity index (χ2n) is 7.70. The highest BCUT2D eigenvalue weighted by molar-refractivity contribution is 8.45.